The number of halogens is 2. The van der Waals surface area contributed by atoms with Gasteiger partial charge in [0.25, 0.3) is 0 Å². The standard InChI is InChI=1S/C12H18F2N2O2S/c1-9(2)15-5-6-19(17,18)16-8-10-3-4-11(13)7-12(10)14/h3-4,7,9,15-16H,5-6,8H2,1-2H3. The molecule has 0 radical (unpaired) electrons. The lowest BCUT2D eigenvalue weighted by atomic mass is 10.2. The molecule has 0 aliphatic rings. The third-order valence-electron chi connectivity index (χ3n) is 2.42. The van der Waals surface area contributed by atoms with E-state index in [1.54, 1.807) is 0 Å². The average molecular weight is 292 g/mol. The smallest absolute Gasteiger partial charge is 0.213 e. The Morgan fingerprint density at radius 2 is 1.95 bits per heavy atom. The van der Waals surface area contributed by atoms with E-state index >= 15 is 0 Å². The second-order valence-corrected chi connectivity index (χ2v) is 6.41. The van der Waals surface area contributed by atoms with Crippen LogP contribution in [-0.4, -0.2) is 26.8 Å². The van der Waals surface area contributed by atoms with Gasteiger partial charge in [-0.1, -0.05) is 19.9 Å². The van der Waals surface area contributed by atoms with Gasteiger partial charge in [-0.2, -0.15) is 0 Å². The Balaban J connectivity index is 2.50. The molecule has 1 aromatic carbocycles. The van der Waals surface area contributed by atoms with Gasteiger partial charge in [0.1, 0.15) is 11.6 Å². The van der Waals surface area contributed by atoms with Crippen molar-refractivity contribution < 1.29 is 17.2 Å². The average Bonchev–Trinajstić information content (AvgIpc) is 2.27. The van der Waals surface area contributed by atoms with Gasteiger partial charge in [-0.15, -0.1) is 0 Å². The first-order valence-corrected chi connectivity index (χ1v) is 7.60. The molecule has 0 saturated carbocycles. The number of hydrogen-bond donors (Lipinski definition) is 2. The highest BCUT2D eigenvalue weighted by Gasteiger charge is 2.11. The minimum atomic E-state index is -3.48. The minimum Gasteiger partial charge on any atom is -0.313 e. The molecular weight excluding hydrogens is 274 g/mol. The predicted octanol–water partition coefficient (Wildman–Crippen LogP) is 1.38. The zero-order valence-electron chi connectivity index (χ0n) is 10.9. The van der Waals surface area contributed by atoms with Crippen LogP contribution in [0, 0.1) is 11.6 Å². The van der Waals surface area contributed by atoms with E-state index in [4.69, 9.17) is 0 Å². The number of hydrogen-bond acceptors (Lipinski definition) is 3. The topological polar surface area (TPSA) is 58.2 Å². The highest BCUT2D eigenvalue weighted by molar-refractivity contribution is 7.89. The Hall–Kier alpha value is -1.05. The van der Waals surface area contributed by atoms with E-state index in [0.717, 1.165) is 12.1 Å². The molecule has 1 aromatic rings. The van der Waals surface area contributed by atoms with Crippen LogP contribution in [0.3, 0.4) is 0 Å². The molecule has 0 aromatic heterocycles. The van der Waals surface area contributed by atoms with Crippen LogP contribution in [0.4, 0.5) is 8.78 Å². The van der Waals surface area contributed by atoms with Gasteiger partial charge in [0.15, 0.2) is 0 Å². The fourth-order valence-corrected chi connectivity index (χ4v) is 2.31. The maximum absolute atomic E-state index is 13.3. The summed E-state index contributed by atoms with van der Waals surface area (Å²) in [6.45, 7) is 3.96. The van der Waals surface area contributed by atoms with Crippen molar-refractivity contribution in [1.82, 2.24) is 10.0 Å². The summed E-state index contributed by atoms with van der Waals surface area (Å²) < 4.78 is 51.5. The summed E-state index contributed by atoms with van der Waals surface area (Å²) >= 11 is 0. The van der Waals surface area contributed by atoms with Gasteiger partial charge in [-0.05, 0) is 6.07 Å². The molecule has 2 N–H and O–H groups in total. The lowest BCUT2D eigenvalue weighted by molar-refractivity contribution is 0.557. The Morgan fingerprint density at radius 3 is 2.53 bits per heavy atom. The first-order chi connectivity index (χ1) is 8.80. The zero-order chi connectivity index (χ0) is 14.5. The first kappa shape index (κ1) is 16.0. The van der Waals surface area contributed by atoms with Crippen molar-refractivity contribution in [2.45, 2.75) is 26.4 Å². The molecule has 0 unspecified atom stereocenters. The normalized spacial score (nSPS) is 12.1. The summed E-state index contributed by atoms with van der Waals surface area (Å²) in [6, 6.07) is 3.24. The van der Waals surface area contributed by atoms with E-state index in [-0.39, 0.29) is 23.9 Å². The molecule has 108 valence electrons. The molecule has 0 atom stereocenters. The molecule has 0 amide bonds. The molecule has 0 aliphatic carbocycles. The van der Waals surface area contributed by atoms with Crippen LogP contribution in [0.25, 0.3) is 0 Å². The quantitative estimate of drug-likeness (QED) is 0.798. The van der Waals surface area contributed by atoms with Crippen LogP contribution in [0.1, 0.15) is 19.4 Å². The molecule has 0 spiro atoms. The first-order valence-electron chi connectivity index (χ1n) is 5.95. The Kier molecular flexibility index (Phi) is 5.84. The van der Waals surface area contributed by atoms with Crippen molar-refractivity contribution in [2.75, 3.05) is 12.3 Å². The molecule has 7 heteroatoms. The summed E-state index contributed by atoms with van der Waals surface area (Å²) in [7, 11) is -3.48. The SMILES string of the molecule is CC(C)NCCS(=O)(=O)NCc1ccc(F)cc1F. The number of rotatable bonds is 7. The largest absolute Gasteiger partial charge is 0.313 e. The molecule has 0 heterocycles. The van der Waals surface area contributed by atoms with E-state index < -0.39 is 21.7 Å². The van der Waals surface area contributed by atoms with Gasteiger partial charge in [0.2, 0.25) is 10.0 Å². The summed E-state index contributed by atoms with van der Waals surface area (Å²) in [5.41, 5.74) is 0.113. The molecule has 0 saturated heterocycles. The van der Waals surface area contributed by atoms with Gasteiger partial charge in [0, 0.05) is 30.8 Å². The second-order valence-electron chi connectivity index (χ2n) is 4.48. The molecule has 0 aliphatic heterocycles. The van der Waals surface area contributed by atoms with Crippen molar-refractivity contribution in [1.29, 1.82) is 0 Å². The van der Waals surface area contributed by atoms with Crippen LogP contribution in [0.15, 0.2) is 18.2 Å². The lowest BCUT2D eigenvalue weighted by Gasteiger charge is -2.10. The van der Waals surface area contributed by atoms with Gasteiger partial charge in [-0.3, -0.25) is 0 Å². The third-order valence-corrected chi connectivity index (χ3v) is 3.75. The monoisotopic (exact) mass is 292 g/mol. The van der Waals surface area contributed by atoms with Gasteiger partial charge < -0.3 is 5.32 Å². The fourth-order valence-electron chi connectivity index (χ4n) is 1.41. The van der Waals surface area contributed by atoms with E-state index in [2.05, 4.69) is 10.0 Å². The van der Waals surface area contributed by atoms with E-state index in [1.165, 1.54) is 6.07 Å². The minimum absolute atomic E-state index is 0.0893. The molecular formula is C12H18F2N2O2S. The van der Waals surface area contributed by atoms with E-state index in [9.17, 15) is 17.2 Å². The summed E-state index contributed by atoms with van der Waals surface area (Å²) in [5, 5.41) is 2.98. The van der Waals surface area contributed by atoms with Crippen LogP contribution in [-0.2, 0) is 16.6 Å². The molecule has 0 fully saturated rings. The third kappa shape index (κ3) is 6.09. The molecule has 1 rings (SSSR count). The lowest BCUT2D eigenvalue weighted by Crippen LogP contribution is -2.34. The number of benzene rings is 1. The van der Waals surface area contributed by atoms with Crippen LogP contribution >= 0.6 is 0 Å². The van der Waals surface area contributed by atoms with E-state index in [1.807, 2.05) is 13.8 Å². The van der Waals surface area contributed by atoms with Crippen molar-refractivity contribution in [3.8, 4) is 0 Å². The number of nitrogens with one attached hydrogen (secondary N) is 2. The molecule has 4 nitrogen and oxygen atoms in total. The zero-order valence-corrected chi connectivity index (χ0v) is 11.7. The van der Waals surface area contributed by atoms with Gasteiger partial charge in [0.05, 0.1) is 5.75 Å². The van der Waals surface area contributed by atoms with Gasteiger partial charge >= 0.3 is 0 Å². The fraction of sp³-hybridized carbons (Fsp3) is 0.500. The Bertz CT molecular complexity index is 518. The molecule has 0 bridgehead atoms. The van der Waals surface area contributed by atoms with Crippen molar-refractivity contribution in [2.24, 2.45) is 0 Å². The van der Waals surface area contributed by atoms with E-state index in [0.29, 0.717) is 6.54 Å². The Labute approximate surface area is 112 Å². The van der Waals surface area contributed by atoms with Gasteiger partial charge in [-0.25, -0.2) is 21.9 Å². The van der Waals surface area contributed by atoms with Crippen LogP contribution < -0.4 is 10.0 Å². The maximum Gasteiger partial charge on any atom is 0.213 e. The summed E-state index contributed by atoms with van der Waals surface area (Å²) in [4.78, 5) is 0. The highest BCUT2D eigenvalue weighted by Crippen LogP contribution is 2.09. The highest BCUT2D eigenvalue weighted by atomic mass is 32.2. The van der Waals surface area contributed by atoms with Crippen molar-refractivity contribution in [3.63, 3.8) is 0 Å². The van der Waals surface area contributed by atoms with Crippen molar-refractivity contribution >= 4 is 10.0 Å². The second kappa shape index (κ2) is 6.93. The summed E-state index contributed by atoms with van der Waals surface area (Å²) in [5.74, 6) is -1.54. The maximum atomic E-state index is 13.3. The number of sulfonamides is 1. The van der Waals surface area contributed by atoms with Crippen LogP contribution in [0.5, 0.6) is 0 Å². The Morgan fingerprint density at radius 1 is 1.26 bits per heavy atom. The molecule has 19 heavy (non-hydrogen) atoms. The van der Waals surface area contributed by atoms with Crippen molar-refractivity contribution in [3.05, 3.63) is 35.4 Å². The summed E-state index contributed by atoms with van der Waals surface area (Å²) in [6.07, 6.45) is 0. The predicted molar refractivity (Wildman–Crippen MR) is 70.1 cm³/mol. The van der Waals surface area contributed by atoms with Crippen LogP contribution in [0.2, 0.25) is 0 Å².